The topological polar surface area (TPSA) is 157 Å². The van der Waals surface area contributed by atoms with Gasteiger partial charge in [0.05, 0.1) is 5.56 Å². The highest BCUT2D eigenvalue weighted by molar-refractivity contribution is 7.81. The Balaban J connectivity index is 2.27. The number of nitrogens with one attached hydrogen (secondary N) is 1. The van der Waals surface area contributed by atoms with Crippen LogP contribution in [0.25, 0.3) is 0 Å². The number of hydrazone groups is 1. The van der Waals surface area contributed by atoms with Crippen LogP contribution >= 0.6 is 0 Å². The third kappa shape index (κ3) is 3.98. The molecule has 1 unspecified atom stereocenters. The van der Waals surface area contributed by atoms with E-state index in [1.165, 1.54) is 24.3 Å². The molecule has 1 aromatic carbocycles. The first-order valence-electron chi connectivity index (χ1n) is 7.87. The predicted molar refractivity (Wildman–Crippen MR) is 95.6 cm³/mol. The minimum Gasteiger partial charge on any atom is -0.507 e. The van der Waals surface area contributed by atoms with E-state index in [4.69, 9.17) is 0 Å². The number of likely N-dealkylation sites (tertiary alicyclic amines) is 1. The molecule has 1 aliphatic heterocycles. The monoisotopic (exact) mass is 397 g/mol. The minimum absolute atomic E-state index is 0.0807. The molecule has 2 amide bonds. The maximum absolute atomic E-state index is 12.0. The van der Waals surface area contributed by atoms with Crippen LogP contribution in [0, 0.1) is 0 Å². The average molecular weight is 397 g/mol. The Morgan fingerprint density at radius 3 is 2.56 bits per heavy atom. The molecule has 27 heavy (non-hydrogen) atoms. The summed E-state index contributed by atoms with van der Waals surface area (Å²) in [5.74, 6) is -3.02. The standard InChI is InChI=1S/C16H19N3O7S/c1-9-7-12(21)19(9)13(15(23)24)16(2,27(25)26)8-17-18-14(22)10-5-3-4-6-11(10)20/h3-6,8-9,13,20H,7H2,1-2H3,(H,18,22)(H,23,24)(H,25,26)/b17-8+/t9-,13+,16+/m1/s1. The van der Waals surface area contributed by atoms with Gasteiger partial charge in [0.1, 0.15) is 10.5 Å². The van der Waals surface area contributed by atoms with Crippen molar-refractivity contribution in [3.05, 3.63) is 29.8 Å². The molecule has 10 nitrogen and oxygen atoms in total. The van der Waals surface area contributed by atoms with Crippen LogP contribution in [-0.2, 0) is 20.7 Å². The number of aliphatic carboxylic acids is 1. The summed E-state index contributed by atoms with van der Waals surface area (Å²) in [5, 5.41) is 22.8. The highest BCUT2D eigenvalue weighted by atomic mass is 32.2. The first-order valence-corrected chi connectivity index (χ1v) is 8.97. The average Bonchev–Trinajstić information content (AvgIpc) is 2.59. The van der Waals surface area contributed by atoms with Crippen molar-refractivity contribution in [1.82, 2.24) is 10.3 Å². The fourth-order valence-corrected chi connectivity index (χ4v) is 3.33. The second kappa shape index (κ2) is 7.84. The highest BCUT2D eigenvalue weighted by Gasteiger charge is 2.53. The summed E-state index contributed by atoms with van der Waals surface area (Å²) in [6.45, 7) is 2.77. The molecule has 2 rings (SSSR count). The number of carbonyl (C=O) groups excluding carboxylic acids is 2. The summed E-state index contributed by atoms with van der Waals surface area (Å²) in [4.78, 5) is 36.6. The number of hydrogen-bond donors (Lipinski definition) is 4. The van der Waals surface area contributed by atoms with Crippen LogP contribution < -0.4 is 5.43 Å². The molecule has 0 bridgehead atoms. The predicted octanol–water partition coefficient (Wildman–Crippen LogP) is 0.162. The summed E-state index contributed by atoms with van der Waals surface area (Å²) in [6, 6.07) is 3.61. The Morgan fingerprint density at radius 2 is 2.07 bits per heavy atom. The van der Waals surface area contributed by atoms with E-state index in [-0.39, 0.29) is 17.7 Å². The molecule has 4 N–H and O–H groups in total. The van der Waals surface area contributed by atoms with Gasteiger partial charge in [-0.3, -0.25) is 9.59 Å². The summed E-state index contributed by atoms with van der Waals surface area (Å²) in [5.41, 5.74) is 1.99. The van der Waals surface area contributed by atoms with Gasteiger partial charge in [0.15, 0.2) is 17.1 Å². The number of carbonyl (C=O) groups is 3. The van der Waals surface area contributed by atoms with E-state index in [1.807, 2.05) is 0 Å². The van der Waals surface area contributed by atoms with Crippen molar-refractivity contribution in [3.63, 3.8) is 0 Å². The third-order valence-corrected chi connectivity index (χ3v) is 5.38. The van der Waals surface area contributed by atoms with Crippen molar-refractivity contribution in [2.75, 3.05) is 0 Å². The Labute approximate surface area is 157 Å². The Bertz CT molecular complexity index is 828. The van der Waals surface area contributed by atoms with Crippen molar-refractivity contribution in [1.29, 1.82) is 0 Å². The molecule has 1 aliphatic rings. The molecule has 0 aromatic heterocycles. The number of benzene rings is 1. The van der Waals surface area contributed by atoms with E-state index < -0.39 is 45.7 Å². The van der Waals surface area contributed by atoms with E-state index in [2.05, 4.69) is 10.5 Å². The first-order chi connectivity index (χ1) is 12.6. The van der Waals surface area contributed by atoms with Crippen LogP contribution in [0.4, 0.5) is 0 Å². The van der Waals surface area contributed by atoms with E-state index in [9.17, 15) is 33.4 Å². The second-order valence-corrected chi connectivity index (χ2v) is 7.62. The molecule has 1 aromatic rings. The van der Waals surface area contributed by atoms with Crippen LogP contribution in [0.3, 0.4) is 0 Å². The molecule has 4 atom stereocenters. The SMILES string of the molecule is C[C@@H]1CC(=O)N1[C@@H](C(=O)O)[C@](C)(/C=N/NC(=O)c1ccccc1O)S(=O)O. The zero-order valence-electron chi connectivity index (χ0n) is 14.5. The lowest BCUT2D eigenvalue weighted by molar-refractivity contribution is -0.161. The Kier molecular flexibility index (Phi) is 5.96. The summed E-state index contributed by atoms with van der Waals surface area (Å²) in [6.07, 6.45) is 0.956. The number of β-lactam (4-membered cyclic amide) rings is 1. The quantitative estimate of drug-likeness (QED) is 0.221. The number of hydrogen-bond acceptors (Lipinski definition) is 6. The number of aromatic hydroxyl groups is 1. The Hall–Kier alpha value is -2.79. The lowest BCUT2D eigenvalue weighted by Gasteiger charge is -2.46. The minimum atomic E-state index is -2.73. The van der Waals surface area contributed by atoms with Crippen LogP contribution in [0.5, 0.6) is 5.75 Å². The van der Waals surface area contributed by atoms with Crippen molar-refractivity contribution >= 4 is 35.1 Å². The number of phenols is 1. The van der Waals surface area contributed by atoms with Gasteiger partial charge < -0.3 is 19.7 Å². The Morgan fingerprint density at radius 1 is 1.44 bits per heavy atom. The summed E-state index contributed by atoms with van der Waals surface area (Å²) in [7, 11) is 0. The molecule has 1 saturated heterocycles. The lowest BCUT2D eigenvalue weighted by atomic mass is 9.92. The smallest absolute Gasteiger partial charge is 0.328 e. The van der Waals surface area contributed by atoms with E-state index in [1.54, 1.807) is 6.92 Å². The molecule has 11 heteroatoms. The van der Waals surface area contributed by atoms with Crippen LogP contribution in [-0.4, -0.2) is 64.7 Å². The number of nitrogens with zero attached hydrogens (tertiary/aromatic N) is 2. The lowest BCUT2D eigenvalue weighted by Crippen LogP contribution is -2.67. The number of rotatable bonds is 7. The van der Waals surface area contributed by atoms with Gasteiger partial charge in [-0.05, 0) is 26.0 Å². The van der Waals surface area contributed by atoms with Crippen LogP contribution in [0.2, 0.25) is 0 Å². The van der Waals surface area contributed by atoms with Gasteiger partial charge in [-0.2, -0.15) is 5.10 Å². The molecule has 0 spiro atoms. The van der Waals surface area contributed by atoms with Gasteiger partial charge in [-0.15, -0.1) is 0 Å². The highest BCUT2D eigenvalue weighted by Crippen LogP contribution is 2.30. The van der Waals surface area contributed by atoms with Crippen molar-refractivity contribution in [2.45, 2.75) is 37.1 Å². The summed E-state index contributed by atoms with van der Waals surface area (Å²) < 4.78 is 19.6. The van der Waals surface area contributed by atoms with E-state index in [0.29, 0.717) is 0 Å². The fraction of sp³-hybridized carbons (Fsp3) is 0.375. The molecule has 1 heterocycles. The molecule has 146 valence electrons. The van der Waals surface area contributed by atoms with Gasteiger partial charge in [0, 0.05) is 18.7 Å². The van der Waals surface area contributed by atoms with Gasteiger partial charge in [-0.25, -0.2) is 14.4 Å². The van der Waals surface area contributed by atoms with Gasteiger partial charge in [0.2, 0.25) is 5.91 Å². The van der Waals surface area contributed by atoms with E-state index >= 15 is 0 Å². The van der Waals surface area contributed by atoms with Gasteiger partial charge in [-0.1, -0.05) is 12.1 Å². The molecular weight excluding hydrogens is 378 g/mol. The normalized spacial score (nSPS) is 21.2. The second-order valence-electron chi connectivity index (χ2n) is 6.24. The zero-order valence-corrected chi connectivity index (χ0v) is 15.3. The van der Waals surface area contributed by atoms with Gasteiger partial charge in [0.25, 0.3) is 5.91 Å². The molecule has 0 aliphatic carbocycles. The van der Waals surface area contributed by atoms with Crippen LogP contribution in [0.15, 0.2) is 29.4 Å². The number of carboxylic acid groups (broad SMARTS) is 1. The summed E-state index contributed by atoms with van der Waals surface area (Å²) >= 11 is -2.73. The van der Waals surface area contributed by atoms with Crippen molar-refractivity contribution in [2.24, 2.45) is 5.10 Å². The maximum atomic E-state index is 12.0. The zero-order chi connectivity index (χ0) is 20.4. The largest absolute Gasteiger partial charge is 0.507 e. The number of phenolic OH excluding ortho intramolecular Hbond substituents is 1. The number of para-hydroxylation sites is 1. The van der Waals surface area contributed by atoms with E-state index in [0.717, 1.165) is 18.0 Å². The molecule has 1 fully saturated rings. The van der Waals surface area contributed by atoms with Crippen LogP contribution in [0.1, 0.15) is 30.6 Å². The molecular formula is C16H19N3O7S. The first kappa shape index (κ1) is 20.5. The fourth-order valence-electron chi connectivity index (χ4n) is 2.78. The van der Waals surface area contributed by atoms with Crippen molar-refractivity contribution < 1.29 is 33.4 Å². The third-order valence-electron chi connectivity index (χ3n) is 4.30. The maximum Gasteiger partial charge on any atom is 0.328 e. The van der Waals surface area contributed by atoms with Gasteiger partial charge >= 0.3 is 5.97 Å². The molecule has 0 saturated carbocycles. The number of amides is 2. The van der Waals surface area contributed by atoms with Crippen molar-refractivity contribution in [3.8, 4) is 5.75 Å². The molecule has 0 radical (unpaired) electrons. The number of carboxylic acids is 1.